The van der Waals surface area contributed by atoms with E-state index in [9.17, 15) is 4.79 Å². The maximum atomic E-state index is 13.2. The van der Waals surface area contributed by atoms with Gasteiger partial charge in [0.1, 0.15) is 5.76 Å². The van der Waals surface area contributed by atoms with Gasteiger partial charge in [0.15, 0.2) is 0 Å². The van der Waals surface area contributed by atoms with E-state index in [1.54, 1.807) is 6.26 Å². The van der Waals surface area contributed by atoms with Gasteiger partial charge in [-0.3, -0.25) is 4.79 Å². The molecule has 0 unspecified atom stereocenters. The Morgan fingerprint density at radius 3 is 2.55 bits per heavy atom. The molecule has 1 aromatic carbocycles. The zero-order valence-electron chi connectivity index (χ0n) is 17.4. The lowest BCUT2D eigenvalue weighted by Gasteiger charge is -2.33. The Bertz CT molecular complexity index is 980. The van der Waals surface area contributed by atoms with Crippen molar-refractivity contribution >= 4 is 11.6 Å². The molecule has 0 atom stereocenters. The molecule has 0 aliphatic carbocycles. The maximum absolute atomic E-state index is 13.2. The first-order chi connectivity index (χ1) is 14.0. The molecule has 152 valence electrons. The summed E-state index contributed by atoms with van der Waals surface area (Å²) in [5, 5.41) is 3.65. The predicted octanol–water partition coefficient (Wildman–Crippen LogP) is 4.77. The number of benzene rings is 1. The number of anilines is 1. The first-order valence-corrected chi connectivity index (χ1v) is 10.3. The van der Waals surface area contributed by atoms with E-state index in [0.29, 0.717) is 12.6 Å². The van der Waals surface area contributed by atoms with Crippen LogP contribution in [0.15, 0.2) is 53.1 Å². The average molecular weight is 392 g/mol. The number of aryl methyl sites for hydroxylation is 2. The van der Waals surface area contributed by atoms with Gasteiger partial charge >= 0.3 is 0 Å². The van der Waals surface area contributed by atoms with Gasteiger partial charge < -0.3 is 19.2 Å². The van der Waals surface area contributed by atoms with Crippen molar-refractivity contribution in [2.75, 3.05) is 18.4 Å². The van der Waals surface area contributed by atoms with Crippen LogP contribution < -0.4 is 5.32 Å². The van der Waals surface area contributed by atoms with Gasteiger partial charge in [0, 0.05) is 36.2 Å². The molecule has 5 heteroatoms. The summed E-state index contributed by atoms with van der Waals surface area (Å²) in [5.74, 6) is 1.03. The van der Waals surface area contributed by atoms with Crippen molar-refractivity contribution in [2.24, 2.45) is 0 Å². The molecule has 2 aromatic heterocycles. The van der Waals surface area contributed by atoms with Gasteiger partial charge in [-0.15, -0.1) is 0 Å². The molecule has 3 heterocycles. The molecular weight excluding hydrogens is 362 g/mol. The van der Waals surface area contributed by atoms with E-state index in [-0.39, 0.29) is 5.91 Å². The number of aromatic nitrogens is 1. The van der Waals surface area contributed by atoms with Crippen LogP contribution in [0.4, 0.5) is 5.69 Å². The quantitative estimate of drug-likeness (QED) is 0.681. The van der Waals surface area contributed by atoms with Crippen LogP contribution in [0.5, 0.6) is 0 Å². The first-order valence-electron chi connectivity index (χ1n) is 10.3. The number of furan rings is 1. The monoisotopic (exact) mass is 391 g/mol. The van der Waals surface area contributed by atoms with Crippen molar-refractivity contribution in [3.8, 4) is 0 Å². The minimum absolute atomic E-state index is 0.137. The summed E-state index contributed by atoms with van der Waals surface area (Å²) in [6.07, 6.45) is 3.61. The predicted molar refractivity (Wildman–Crippen MR) is 115 cm³/mol. The van der Waals surface area contributed by atoms with Crippen molar-refractivity contribution in [1.82, 2.24) is 9.47 Å². The van der Waals surface area contributed by atoms with Gasteiger partial charge in [0.05, 0.1) is 18.4 Å². The number of hydrogen-bond donors (Lipinski definition) is 1. The molecule has 0 radical (unpaired) electrons. The smallest absolute Gasteiger partial charge is 0.255 e. The summed E-state index contributed by atoms with van der Waals surface area (Å²) in [7, 11) is 0. The Labute approximate surface area is 172 Å². The highest BCUT2D eigenvalue weighted by molar-refractivity contribution is 5.95. The fourth-order valence-corrected chi connectivity index (χ4v) is 4.17. The van der Waals surface area contributed by atoms with Crippen LogP contribution in [0.3, 0.4) is 0 Å². The van der Waals surface area contributed by atoms with Gasteiger partial charge in [0.25, 0.3) is 5.91 Å². The zero-order chi connectivity index (χ0) is 20.4. The summed E-state index contributed by atoms with van der Waals surface area (Å²) in [4.78, 5) is 15.2. The lowest BCUT2D eigenvalue weighted by Crippen LogP contribution is -2.42. The van der Waals surface area contributed by atoms with Crippen LogP contribution in [0, 0.1) is 20.8 Å². The minimum atomic E-state index is 0.137. The highest BCUT2D eigenvalue weighted by Gasteiger charge is 2.26. The number of para-hydroxylation sites is 1. The summed E-state index contributed by atoms with van der Waals surface area (Å²) in [6.45, 7) is 8.41. The van der Waals surface area contributed by atoms with Crippen molar-refractivity contribution in [1.29, 1.82) is 0 Å². The SMILES string of the molecule is Cc1ccccc1NC1CCN(C(=O)c2cc(C)n(Cc3ccco3)c2C)CC1. The highest BCUT2D eigenvalue weighted by Crippen LogP contribution is 2.23. The lowest BCUT2D eigenvalue weighted by atomic mass is 10.0. The van der Waals surface area contributed by atoms with Crippen LogP contribution in [0.1, 0.15) is 45.9 Å². The molecule has 1 aliphatic rings. The molecule has 1 amide bonds. The number of nitrogens with zero attached hydrogens (tertiary/aromatic N) is 2. The summed E-state index contributed by atoms with van der Waals surface area (Å²) in [6, 6.07) is 14.7. The Kier molecular flexibility index (Phi) is 5.47. The van der Waals surface area contributed by atoms with Crippen molar-refractivity contribution < 1.29 is 9.21 Å². The number of carbonyl (C=O) groups excluding carboxylic acids is 1. The van der Waals surface area contributed by atoms with Gasteiger partial charge in [-0.25, -0.2) is 0 Å². The third-order valence-electron chi connectivity index (χ3n) is 5.98. The Hall–Kier alpha value is -2.95. The number of hydrogen-bond acceptors (Lipinski definition) is 3. The fraction of sp³-hybridized carbons (Fsp3) is 0.375. The summed E-state index contributed by atoms with van der Waals surface area (Å²) in [5.41, 5.74) is 5.34. The van der Waals surface area contributed by atoms with Crippen molar-refractivity contribution in [3.05, 3.63) is 77.0 Å². The van der Waals surface area contributed by atoms with E-state index in [2.05, 4.69) is 41.1 Å². The number of likely N-dealkylation sites (tertiary alicyclic amines) is 1. The van der Waals surface area contributed by atoms with Crippen LogP contribution in [0.25, 0.3) is 0 Å². The lowest BCUT2D eigenvalue weighted by molar-refractivity contribution is 0.0717. The van der Waals surface area contributed by atoms with E-state index in [4.69, 9.17) is 4.42 Å². The molecule has 0 spiro atoms. The molecule has 0 saturated carbocycles. The van der Waals surface area contributed by atoms with E-state index < -0.39 is 0 Å². The number of nitrogens with one attached hydrogen (secondary N) is 1. The highest BCUT2D eigenvalue weighted by atomic mass is 16.3. The molecule has 1 aliphatic heterocycles. The first kappa shape index (κ1) is 19.4. The van der Waals surface area contributed by atoms with E-state index >= 15 is 0 Å². The Morgan fingerprint density at radius 1 is 1.10 bits per heavy atom. The van der Waals surface area contributed by atoms with Crippen molar-refractivity contribution in [2.45, 2.75) is 46.2 Å². The standard InChI is InChI=1S/C24H29N3O2/c1-17-7-4-5-9-23(17)25-20-10-12-26(13-11-20)24(28)22-15-18(2)27(19(22)3)16-21-8-6-14-29-21/h4-9,14-15,20,25H,10-13,16H2,1-3H3. The van der Waals surface area contributed by atoms with E-state index in [1.807, 2.05) is 36.9 Å². The van der Waals surface area contributed by atoms with Crippen molar-refractivity contribution in [3.63, 3.8) is 0 Å². The number of piperidine rings is 1. The third-order valence-corrected chi connectivity index (χ3v) is 5.98. The Balaban J connectivity index is 1.40. The second kappa shape index (κ2) is 8.19. The largest absolute Gasteiger partial charge is 0.467 e. The van der Waals surface area contributed by atoms with Gasteiger partial charge in [-0.05, 0) is 63.4 Å². The zero-order valence-corrected chi connectivity index (χ0v) is 17.4. The van der Waals surface area contributed by atoms with E-state index in [0.717, 1.165) is 48.6 Å². The van der Waals surface area contributed by atoms with Gasteiger partial charge in [-0.2, -0.15) is 0 Å². The minimum Gasteiger partial charge on any atom is -0.467 e. The fourth-order valence-electron chi connectivity index (χ4n) is 4.17. The second-order valence-electron chi connectivity index (χ2n) is 7.98. The number of carbonyl (C=O) groups is 1. The molecule has 1 saturated heterocycles. The molecule has 5 nitrogen and oxygen atoms in total. The van der Waals surface area contributed by atoms with E-state index in [1.165, 1.54) is 11.3 Å². The molecule has 4 rings (SSSR count). The molecule has 0 bridgehead atoms. The molecule has 1 fully saturated rings. The molecular formula is C24H29N3O2. The normalized spacial score (nSPS) is 14.9. The topological polar surface area (TPSA) is 50.4 Å². The third kappa shape index (κ3) is 4.09. The van der Waals surface area contributed by atoms with Crippen LogP contribution in [-0.2, 0) is 6.54 Å². The summed E-state index contributed by atoms with van der Waals surface area (Å²) < 4.78 is 7.63. The second-order valence-corrected chi connectivity index (χ2v) is 7.98. The molecule has 29 heavy (non-hydrogen) atoms. The molecule has 1 N–H and O–H groups in total. The van der Waals surface area contributed by atoms with Crippen LogP contribution >= 0.6 is 0 Å². The van der Waals surface area contributed by atoms with Gasteiger partial charge in [-0.1, -0.05) is 18.2 Å². The summed E-state index contributed by atoms with van der Waals surface area (Å²) >= 11 is 0. The number of amides is 1. The van der Waals surface area contributed by atoms with Crippen LogP contribution in [0.2, 0.25) is 0 Å². The molecule has 3 aromatic rings. The average Bonchev–Trinajstić information content (AvgIpc) is 3.34. The number of rotatable bonds is 5. The Morgan fingerprint density at radius 2 is 1.86 bits per heavy atom. The van der Waals surface area contributed by atoms with Gasteiger partial charge in [0.2, 0.25) is 0 Å². The maximum Gasteiger partial charge on any atom is 0.255 e. The van der Waals surface area contributed by atoms with Crippen LogP contribution in [-0.4, -0.2) is 34.5 Å².